The lowest BCUT2D eigenvalue weighted by Crippen LogP contribution is -2.18. The Morgan fingerprint density at radius 3 is 1.80 bits per heavy atom. The van der Waals surface area contributed by atoms with Crippen LogP contribution in [0, 0.1) is 0 Å². The van der Waals surface area contributed by atoms with Gasteiger partial charge in [0.1, 0.15) is 5.75 Å². The molecule has 4 aromatic carbocycles. The zero-order valence-electron chi connectivity index (χ0n) is 20.8. The third-order valence-electron chi connectivity index (χ3n) is 6.33. The van der Waals surface area contributed by atoms with Crippen molar-refractivity contribution < 1.29 is 9.53 Å². The van der Waals surface area contributed by atoms with E-state index in [2.05, 4.69) is 118 Å². The van der Waals surface area contributed by atoms with Gasteiger partial charge in [-0.1, -0.05) is 118 Å². The monoisotopic (exact) mass is 478 g/mol. The van der Waals surface area contributed by atoms with Crippen molar-refractivity contribution in [3.05, 3.63) is 137 Å². The van der Waals surface area contributed by atoms with E-state index in [1.54, 1.807) is 0 Å². The van der Waals surface area contributed by atoms with Crippen LogP contribution in [0.1, 0.15) is 66.7 Å². The van der Waals surface area contributed by atoms with Crippen molar-refractivity contribution in [3.63, 3.8) is 0 Å². The molecular weight excluding hydrogens is 444 g/mol. The summed E-state index contributed by atoms with van der Waals surface area (Å²) in [5.74, 6) is 0.344. The van der Waals surface area contributed by atoms with E-state index in [4.69, 9.17) is 4.43 Å². The Morgan fingerprint density at radius 2 is 1.26 bits per heavy atom. The molecular formula is C32H34O2Si. The van der Waals surface area contributed by atoms with Crippen LogP contribution in [0.15, 0.2) is 109 Å². The maximum absolute atomic E-state index is 10.5. The van der Waals surface area contributed by atoms with E-state index in [1.807, 2.05) is 12.1 Å². The molecule has 0 spiro atoms. The molecule has 0 saturated heterocycles. The van der Waals surface area contributed by atoms with Crippen LogP contribution >= 0.6 is 0 Å². The van der Waals surface area contributed by atoms with E-state index < -0.39 is 0 Å². The number of rotatable bonds is 9. The zero-order chi connectivity index (χ0) is 24.7. The average molecular weight is 479 g/mol. The summed E-state index contributed by atoms with van der Waals surface area (Å²) < 4.78 is 6.77. The minimum Gasteiger partial charge on any atom is -0.508 e. The molecule has 0 aliphatic heterocycles. The van der Waals surface area contributed by atoms with E-state index in [0.717, 1.165) is 24.0 Å². The van der Waals surface area contributed by atoms with Crippen LogP contribution in [0.3, 0.4) is 0 Å². The number of hydrogen-bond acceptors (Lipinski definition) is 2. The molecule has 0 heterocycles. The largest absolute Gasteiger partial charge is 0.508 e. The van der Waals surface area contributed by atoms with Gasteiger partial charge in [0.15, 0.2) is 0 Å². The van der Waals surface area contributed by atoms with Crippen molar-refractivity contribution in [3.8, 4) is 5.75 Å². The predicted octanol–water partition coefficient (Wildman–Crippen LogP) is 7.79. The zero-order valence-corrected chi connectivity index (χ0v) is 21.8. The molecule has 4 rings (SSSR count). The maximum atomic E-state index is 10.5. The topological polar surface area (TPSA) is 29.5 Å². The molecule has 0 amide bonds. The van der Waals surface area contributed by atoms with Crippen molar-refractivity contribution in [2.24, 2.45) is 0 Å². The number of benzene rings is 4. The van der Waals surface area contributed by atoms with Crippen LogP contribution < -0.4 is 0 Å². The van der Waals surface area contributed by atoms with Crippen LogP contribution in [-0.2, 0) is 16.3 Å². The standard InChI is InChI=1S/C32H34O2Si/c1-32(2,3)28-23-27(20-21-29(28)33)30(22-19-24-13-7-4-8-14-24)34-35-31(25-15-9-5-10-16-25)26-17-11-6-12-18-26/h4-18,20-21,23,30-31,33H,19,22H2,1-3H3. The van der Waals surface area contributed by atoms with Gasteiger partial charge in [-0.2, -0.15) is 0 Å². The quantitative estimate of drug-likeness (QED) is 0.249. The highest BCUT2D eigenvalue weighted by molar-refractivity contribution is 6.31. The van der Waals surface area contributed by atoms with Crippen molar-refractivity contribution in [1.82, 2.24) is 0 Å². The van der Waals surface area contributed by atoms with E-state index >= 15 is 0 Å². The van der Waals surface area contributed by atoms with Gasteiger partial charge in [-0.05, 0) is 58.2 Å². The van der Waals surface area contributed by atoms with Crippen molar-refractivity contribution in [2.75, 3.05) is 0 Å². The molecule has 1 unspecified atom stereocenters. The first-order valence-electron chi connectivity index (χ1n) is 12.3. The number of phenolic OH excluding ortho intramolecular Hbond substituents is 1. The lowest BCUT2D eigenvalue weighted by Gasteiger charge is -2.26. The van der Waals surface area contributed by atoms with Crippen LogP contribution in [0.25, 0.3) is 0 Å². The second kappa shape index (κ2) is 11.5. The summed E-state index contributed by atoms with van der Waals surface area (Å²) in [6.45, 7) is 6.40. The first kappa shape index (κ1) is 25.0. The van der Waals surface area contributed by atoms with Gasteiger partial charge < -0.3 is 9.53 Å². The summed E-state index contributed by atoms with van der Waals surface area (Å²) in [4.78, 5) is 0. The van der Waals surface area contributed by atoms with Gasteiger partial charge in [-0.15, -0.1) is 0 Å². The summed E-state index contributed by atoms with van der Waals surface area (Å²) in [6.07, 6.45) is 1.75. The van der Waals surface area contributed by atoms with Gasteiger partial charge in [-0.25, -0.2) is 0 Å². The second-order valence-electron chi connectivity index (χ2n) is 10.0. The lowest BCUT2D eigenvalue weighted by atomic mass is 9.84. The highest BCUT2D eigenvalue weighted by Crippen LogP contribution is 2.35. The Bertz CT molecular complexity index is 1150. The Labute approximate surface area is 212 Å². The van der Waals surface area contributed by atoms with Crippen LogP contribution in [-0.4, -0.2) is 14.9 Å². The molecule has 0 fully saturated rings. The van der Waals surface area contributed by atoms with Crippen LogP contribution in [0.2, 0.25) is 0 Å². The van der Waals surface area contributed by atoms with E-state index in [9.17, 15) is 5.11 Å². The first-order chi connectivity index (χ1) is 16.9. The minimum atomic E-state index is -0.150. The molecule has 0 bridgehead atoms. The molecule has 178 valence electrons. The molecule has 0 aliphatic carbocycles. The van der Waals surface area contributed by atoms with E-state index in [0.29, 0.717) is 5.75 Å². The van der Waals surface area contributed by atoms with E-state index in [-0.39, 0.29) is 26.8 Å². The molecule has 1 atom stereocenters. The van der Waals surface area contributed by atoms with Crippen molar-refractivity contribution >= 4 is 9.76 Å². The van der Waals surface area contributed by atoms with Gasteiger partial charge in [0.25, 0.3) is 0 Å². The fourth-order valence-corrected chi connectivity index (χ4v) is 5.57. The number of aromatic hydroxyl groups is 1. The van der Waals surface area contributed by atoms with Gasteiger partial charge in [-0.3, -0.25) is 0 Å². The summed E-state index contributed by atoms with van der Waals surface area (Å²) >= 11 is 0. The molecule has 0 saturated carbocycles. The highest BCUT2D eigenvalue weighted by Gasteiger charge is 2.24. The van der Waals surface area contributed by atoms with Crippen LogP contribution in [0.4, 0.5) is 0 Å². The van der Waals surface area contributed by atoms with E-state index in [1.165, 1.54) is 16.7 Å². The SMILES string of the molecule is CC(C)(C)c1cc(C(CCc2ccccc2)O[Si]C(c2ccccc2)c2ccccc2)ccc1O. The Morgan fingerprint density at radius 1 is 0.714 bits per heavy atom. The number of aryl methyl sites for hydroxylation is 1. The van der Waals surface area contributed by atoms with Crippen molar-refractivity contribution in [1.29, 1.82) is 0 Å². The molecule has 1 N–H and O–H groups in total. The number of hydrogen-bond donors (Lipinski definition) is 1. The second-order valence-corrected chi connectivity index (χ2v) is 11.1. The number of phenols is 1. The van der Waals surface area contributed by atoms with Gasteiger partial charge in [0.05, 0.1) is 6.10 Å². The van der Waals surface area contributed by atoms with Crippen molar-refractivity contribution in [2.45, 2.75) is 50.7 Å². The summed E-state index contributed by atoms with van der Waals surface area (Å²) in [7, 11) is 0.270. The average Bonchev–Trinajstić information content (AvgIpc) is 2.88. The predicted molar refractivity (Wildman–Crippen MR) is 146 cm³/mol. The normalized spacial score (nSPS) is 12.6. The molecule has 4 aromatic rings. The highest BCUT2D eigenvalue weighted by atomic mass is 28.2. The van der Waals surface area contributed by atoms with Gasteiger partial charge in [0.2, 0.25) is 9.76 Å². The fraction of sp³-hybridized carbons (Fsp3) is 0.250. The summed E-state index contributed by atoms with van der Waals surface area (Å²) in [6, 6.07) is 37.8. The molecule has 2 radical (unpaired) electrons. The maximum Gasteiger partial charge on any atom is 0.243 e. The smallest absolute Gasteiger partial charge is 0.243 e. The minimum absolute atomic E-state index is 0.0647. The molecule has 35 heavy (non-hydrogen) atoms. The Hall–Kier alpha value is -3.14. The third-order valence-corrected chi connectivity index (χ3v) is 7.66. The first-order valence-corrected chi connectivity index (χ1v) is 13.3. The lowest BCUT2D eigenvalue weighted by molar-refractivity contribution is 0.203. The Kier molecular flexibility index (Phi) is 8.22. The van der Waals surface area contributed by atoms with Gasteiger partial charge in [0, 0.05) is 5.54 Å². The summed E-state index contributed by atoms with van der Waals surface area (Å²) in [5.41, 5.74) is 5.94. The third kappa shape index (κ3) is 6.72. The molecule has 2 nitrogen and oxygen atoms in total. The van der Waals surface area contributed by atoms with Crippen LogP contribution in [0.5, 0.6) is 5.75 Å². The molecule has 0 aliphatic rings. The molecule has 3 heteroatoms. The fourth-order valence-electron chi connectivity index (χ4n) is 4.36. The Balaban J connectivity index is 1.63. The van der Waals surface area contributed by atoms with Gasteiger partial charge >= 0.3 is 0 Å². The summed E-state index contributed by atoms with van der Waals surface area (Å²) in [5, 5.41) is 10.5. The molecule has 0 aromatic heterocycles.